The van der Waals surface area contributed by atoms with E-state index in [9.17, 15) is 13.6 Å². The van der Waals surface area contributed by atoms with E-state index in [1.54, 1.807) is 29.5 Å². The van der Waals surface area contributed by atoms with Gasteiger partial charge in [0, 0.05) is 3.57 Å². The lowest BCUT2D eigenvalue weighted by Gasteiger charge is -2.09. The Morgan fingerprint density at radius 1 is 1.65 bits per heavy atom. The average molecular weight is 356 g/mol. The Bertz CT molecular complexity index is 404. The Hall–Kier alpha value is -0.990. The number of hydrogen-bond donors (Lipinski definition) is 1. The number of carbonyl (C=O) groups is 1. The first-order valence-corrected chi connectivity index (χ1v) is 5.92. The molecule has 1 rings (SSSR count). The smallest absolute Gasteiger partial charge is 0.311 e. The highest BCUT2D eigenvalue weighted by Gasteiger charge is 2.18. The summed E-state index contributed by atoms with van der Waals surface area (Å²) in [5.41, 5.74) is 5.46. The van der Waals surface area contributed by atoms with Crippen LogP contribution in [0.25, 0.3) is 0 Å². The second-order valence-electron chi connectivity index (χ2n) is 3.18. The van der Waals surface area contributed by atoms with Crippen molar-refractivity contribution in [2.75, 3.05) is 12.3 Å². The van der Waals surface area contributed by atoms with Gasteiger partial charge in [0.2, 0.25) is 0 Å². The average Bonchev–Trinajstić information content (AvgIpc) is 2.15. The molecule has 17 heavy (non-hydrogen) atoms. The summed E-state index contributed by atoms with van der Waals surface area (Å²) in [6.45, 7) is 1.95. The van der Waals surface area contributed by atoms with Gasteiger partial charge in [-0.3, -0.25) is 4.79 Å². The maximum atomic E-state index is 12.6. The third-order valence-corrected chi connectivity index (χ3v) is 2.83. The summed E-state index contributed by atoms with van der Waals surface area (Å²) in [5, 5.41) is 0. The van der Waals surface area contributed by atoms with Crippen LogP contribution in [0.2, 0.25) is 0 Å². The van der Waals surface area contributed by atoms with Crippen LogP contribution in [0.3, 0.4) is 0 Å². The standard InChI is InChI=1S/C10H11F2IN2O2/c1-2-17-7(16)4-5-3-6(13)8(9(11)12)10(14)15-5/h3,9H,2,4H2,1H3,(H2,14,15). The second-order valence-corrected chi connectivity index (χ2v) is 4.34. The molecule has 7 heteroatoms. The zero-order valence-electron chi connectivity index (χ0n) is 9.04. The van der Waals surface area contributed by atoms with Crippen LogP contribution in [0.5, 0.6) is 0 Å². The van der Waals surface area contributed by atoms with E-state index in [4.69, 9.17) is 10.5 Å². The SMILES string of the molecule is CCOC(=O)Cc1cc(I)c(C(F)F)c(N)n1. The quantitative estimate of drug-likeness (QED) is 0.664. The molecule has 4 nitrogen and oxygen atoms in total. The first-order valence-electron chi connectivity index (χ1n) is 4.84. The zero-order chi connectivity index (χ0) is 13.0. The fraction of sp³-hybridized carbons (Fsp3) is 0.400. The number of nitrogens with zero attached hydrogens (tertiary/aromatic N) is 1. The molecular formula is C10H11F2IN2O2. The summed E-state index contributed by atoms with van der Waals surface area (Å²) in [4.78, 5) is 15.0. The first kappa shape index (κ1) is 14.1. The number of nitrogen functional groups attached to an aromatic ring is 1. The molecule has 0 saturated heterocycles. The van der Waals surface area contributed by atoms with Crippen molar-refractivity contribution in [1.29, 1.82) is 0 Å². The van der Waals surface area contributed by atoms with Crippen LogP contribution < -0.4 is 5.73 Å². The van der Waals surface area contributed by atoms with Crippen molar-refractivity contribution in [2.45, 2.75) is 19.8 Å². The van der Waals surface area contributed by atoms with Crippen molar-refractivity contribution < 1.29 is 18.3 Å². The summed E-state index contributed by atoms with van der Waals surface area (Å²) < 4.78 is 30.2. The number of halogens is 3. The number of rotatable bonds is 4. The van der Waals surface area contributed by atoms with Crippen LogP contribution in [0.1, 0.15) is 24.6 Å². The molecule has 0 atom stereocenters. The molecule has 0 saturated carbocycles. The highest BCUT2D eigenvalue weighted by molar-refractivity contribution is 14.1. The summed E-state index contributed by atoms with van der Waals surface area (Å²) in [6.07, 6.45) is -2.75. The molecule has 0 unspecified atom stereocenters. The molecule has 0 aliphatic heterocycles. The molecule has 1 heterocycles. The topological polar surface area (TPSA) is 65.2 Å². The molecule has 0 bridgehead atoms. The van der Waals surface area contributed by atoms with Crippen molar-refractivity contribution in [3.8, 4) is 0 Å². The van der Waals surface area contributed by atoms with Gasteiger partial charge in [0.15, 0.2) is 0 Å². The maximum Gasteiger partial charge on any atom is 0.311 e. The lowest BCUT2D eigenvalue weighted by Crippen LogP contribution is -2.11. The van der Waals surface area contributed by atoms with Crippen LogP contribution in [0.4, 0.5) is 14.6 Å². The minimum atomic E-state index is -2.67. The number of aromatic nitrogens is 1. The monoisotopic (exact) mass is 356 g/mol. The molecular weight excluding hydrogens is 345 g/mol. The maximum absolute atomic E-state index is 12.6. The van der Waals surface area contributed by atoms with Crippen molar-refractivity contribution >= 4 is 34.4 Å². The van der Waals surface area contributed by atoms with Gasteiger partial charge >= 0.3 is 5.97 Å². The van der Waals surface area contributed by atoms with Gasteiger partial charge in [-0.05, 0) is 35.6 Å². The van der Waals surface area contributed by atoms with Gasteiger partial charge in [-0.1, -0.05) is 0 Å². The second kappa shape index (κ2) is 6.08. The summed E-state index contributed by atoms with van der Waals surface area (Å²) in [6, 6.07) is 1.41. The Balaban J connectivity index is 2.94. The van der Waals surface area contributed by atoms with E-state index < -0.39 is 12.4 Å². The molecule has 0 fully saturated rings. The predicted molar refractivity (Wildman–Crippen MR) is 66.7 cm³/mol. The van der Waals surface area contributed by atoms with Crippen molar-refractivity contribution in [2.24, 2.45) is 0 Å². The largest absolute Gasteiger partial charge is 0.466 e. The number of carbonyl (C=O) groups excluding carboxylic acids is 1. The number of anilines is 1. The number of pyridine rings is 1. The van der Waals surface area contributed by atoms with Crippen molar-refractivity contribution in [1.82, 2.24) is 4.98 Å². The Kier molecular flexibility index (Phi) is 5.03. The number of alkyl halides is 2. The Morgan fingerprint density at radius 2 is 2.29 bits per heavy atom. The zero-order valence-corrected chi connectivity index (χ0v) is 11.2. The van der Waals surface area contributed by atoms with Gasteiger partial charge in [0.05, 0.1) is 24.3 Å². The minimum Gasteiger partial charge on any atom is -0.466 e. The Morgan fingerprint density at radius 3 is 2.76 bits per heavy atom. The van der Waals surface area contributed by atoms with Crippen molar-refractivity contribution in [3.63, 3.8) is 0 Å². The normalized spacial score (nSPS) is 10.6. The highest BCUT2D eigenvalue weighted by atomic mass is 127. The van der Waals surface area contributed by atoms with E-state index in [1.807, 2.05) is 0 Å². The molecule has 0 amide bonds. The lowest BCUT2D eigenvalue weighted by molar-refractivity contribution is -0.142. The summed E-state index contributed by atoms with van der Waals surface area (Å²) in [5.74, 6) is -0.703. The van der Waals surface area contributed by atoms with E-state index in [0.29, 0.717) is 9.26 Å². The molecule has 0 aromatic carbocycles. The van der Waals surface area contributed by atoms with Gasteiger partial charge < -0.3 is 10.5 Å². The minimum absolute atomic E-state index is 0.0719. The van der Waals surface area contributed by atoms with E-state index in [-0.39, 0.29) is 24.4 Å². The molecule has 1 aromatic rings. The molecule has 2 N–H and O–H groups in total. The number of nitrogens with two attached hydrogens (primary N) is 1. The number of ether oxygens (including phenoxy) is 1. The van der Waals surface area contributed by atoms with Gasteiger partial charge in [-0.2, -0.15) is 0 Å². The van der Waals surface area contributed by atoms with Crippen LogP contribution >= 0.6 is 22.6 Å². The molecule has 0 aliphatic rings. The molecule has 0 radical (unpaired) electrons. The predicted octanol–water partition coefficient (Wildman–Crippen LogP) is 2.31. The summed E-state index contributed by atoms with van der Waals surface area (Å²) in [7, 11) is 0. The van der Waals surface area contributed by atoms with Gasteiger partial charge in [0.1, 0.15) is 5.82 Å². The number of hydrogen-bond acceptors (Lipinski definition) is 4. The van der Waals surface area contributed by atoms with Crippen molar-refractivity contribution in [3.05, 3.63) is 20.9 Å². The number of esters is 1. The molecule has 0 spiro atoms. The first-order chi connectivity index (χ1) is 7.95. The van der Waals surface area contributed by atoms with Crippen LogP contribution in [0, 0.1) is 3.57 Å². The summed E-state index contributed by atoms with van der Waals surface area (Å²) >= 11 is 1.74. The third kappa shape index (κ3) is 3.76. The van der Waals surface area contributed by atoms with Crippen LogP contribution in [0.15, 0.2) is 6.07 Å². The van der Waals surface area contributed by atoms with Gasteiger partial charge in [-0.25, -0.2) is 13.8 Å². The Labute approximate surface area is 111 Å². The van der Waals surface area contributed by atoms with Gasteiger partial charge in [-0.15, -0.1) is 0 Å². The molecule has 1 aromatic heterocycles. The third-order valence-electron chi connectivity index (χ3n) is 1.94. The van der Waals surface area contributed by atoms with E-state index in [2.05, 4.69) is 4.98 Å². The van der Waals surface area contributed by atoms with Crippen LogP contribution in [-0.2, 0) is 16.0 Å². The highest BCUT2D eigenvalue weighted by Crippen LogP contribution is 2.29. The van der Waals surface area contributed by atoms with E-state index in [1.165, 1.54) is 6.07 Å². The van der Waals surface area contributed by atoms with E-state index in [0.717, 1.165) is 0 Å². The molecule has 0 aliphatic carbocycles. The fourth-order valence-corrected chi connectivity index (χ4v) is 2.13. The molecule has 94 valence electrons. The fourth-order valence-electron chi connectivity index (χ4n) is 1.26. The van der Waals surface area contributed by atoms with Gasteiger partial charge in [0.25, 0.3) is 6.43 Å². The lowest BCUT2D eigenvalue weighted by atomic mass is 10.2. The van der Waals surface area contributed by atoms with E-state index >= 15 is 0 Å². The van der Waals surface area contributed by atoms with Crippen LogP contribution in [-0.4, -0.2) is 17.6 Å².